The van der Waals surface area contributed by atoms with Gasteiger partial charge in [0.2, 0.25) is 0 Å². The van der Waals surface area contributed by atoms with Gasteiger partial charge in [-0.2, -0.15) is 4.73 Å². The summed E-state index contributed by atoms with van der Waals surface area (Å²) in [6.45, 7) is 2.45. The van der Waals surface area contributed by atoms with Gasteiger partial charge < -0.3 is 15.0 Å². The second kappa shape index (κ2) is 8.12. The first-order valence-corrected chi connectivity index (χ1v) is 8.86. The largest absolute Gasteiger partial charge is 0.619 e. The van der Waals surface area contributed by atoms with E-state index in [1.165, 1.54) is 18.0 Å². The summed E-state index contributed by atoms with van der Waals surface area (Å²) >= 11 is 0. The zero-order valence-electron chi connectivity index (χ0n) is 14.7. The maximum atomic E-state index is 12.7. The molecule has 1 saturated heterocycles. The summed E-state index contributed by atoms with van der Waals surface area (Å²) in [5, 5.41) is 11.4. The second-order valence-electron chi connectivity index (χ2n) is 6.72. The fourth-order valence-corrected chi connectivity index (χ4v) is 3.40. The van der Waals surface area contributed by atoms with Crippen LogP contribution < -0.4 is 4.73 Å². The molecule has 0 saturated carbocycles. The van der Waals surface area contributed by atoms with Crippen LogP contribution in [0.2, 0.25) is 0 Å². The highest BCUT2D eigenvalue weighted by atomic mass is 16.5. The van der Waals surface area contributed by atoms with Crippen LogP contribution in [0.3, 0.4) is 0 Å². The van der Waals surface area contributed by atoms with Gasteiger partial charge in [0.05, 0.1) is 0 Å². The predicted octanol–water partition coefficient (Wildman–Crippen LogP) is 2.10. The van der Waals surface area contributed by atoms with E-state index in [0.717, 1.165) is 38.9 Å². The fraction of sp³-hybridized carbons (Fsp3) is 0.400. The number of amides is 1. The van der Waals surface area contributed by atoms with E-state index in [4.69, 9.17) is 0 Å². The van der Waals surface area contributed by atoms with Crippen molar-refractivity contribution in [1.82, 2.24) is 9.80 Å². The molecular weight excluding hydrogens is 314 g/mol. The standard InChI is InChI=1S/C20H25N3O2/c1-21(14-11-17-7-3-2-4-8-17)19-10-6-12-22(16-19)20(24)18-9-5-13-23(25)15-18/h2-5,7-9,13,15,19H,6,10-12,14,16H2,1H3/t19-/m0/s1. The molecule has 2 heterocycles. The minimum absolute atomic E-state index is 0.0497. The summed E-state index contributed by atoms with van der Waals surface area (Å²) in [5.74, 6) is -0.0497. The summed E-state index contributed by atoms with van der Waals surface area (Å²) in [7, 11) is 2.13. The lowest BCUT2D eigenvalue weighted by Gasteiger charge is -2.37. The topological polar surface area (TPSA) is 50.5 Å². The van der Waals surface area contributed by atoms with Gasteiger partial charge in [0.1, 0.15) is 5.56 Å². The Labute approximate surface area is 149 Å². The molecule has 1 aliphatic rings. The molecule has 132 valence electrons. The van der Waals surface area contributed by atoms with E-state index >= 15 is 0 Å². The molecule has 1 amide bonds. The Morgan fingerprint density at radius 2 is 2.08 bits per heavy atom. The van der Waals surface area contributed by atoms with Crippen molar-refractivity contribution in [3.8, 4) is 0 Å². The molecule has 1 aromatic heterocycles. The second-order valence-corrected chi connectivity index (χ2v) is 6.72. The van der Waals surface area contributed by atoms with Crippen LogP contribution >= 0.6 is 0 Å². The quantitative estimate of drug-likeness (QED) is 0.619. The highest BCUT2D eigenvalue weighted by Crippen LogP contribution is 2.17. The van der Waals surface area contributed by atoms with Crippen LogP contribution in [0.15, 0.2) is 54.9 Å². The van der Waals surface area contributed by atoms with Gasteiger partial charge in [-0.3, -0.25) is 4.79 Å². The van der Waals surface area contributed by atoms with Gasteiger partial charge in [-0.15, -0.1) is 0 Å². The number of piperidine rings is 1. The highest BCUT2D eigenvalue weighted by molar-refractivity contribution is 5.93. The number of benzene rings is 1. The van der Waals surface area contributed by atoms with Crippen molar-refractivity contribution < 1.29 is 9.52 Å². The Balaban J connectivity index is 1.57. The lowest BCUT2D eigenvalue weighted by molar-refractivity contribution is -0.605. The highest BCUT2D eigenvalue weighted by Gasteiger charge is 2.27. The molecule has 3 rings (SSSR count). The lowest BCUT2D eigenvalue weighted by Crippen LogP contribution is -2.49. The van der Waals surface area contributed by atoms with Crippen molar-refractivity contribution >= 4 is 5.91 Å². The number of pyridine rings is 1. The SMILES string of the molecule is CN(CCc1ccccc1)[C@H]1CCCN(C(=O)c2ccc[n+]([O-])c2)C1. The molecule has 0 bridgehead atoms. The zero-order valence-corrected chi connectivity index (χ0v) is 14.7. The van der Waals surface area contributed by atoms with Gasteiger partial charge in [0.15, 0.2) is 12.4 Å². The number of aromatic nitrogens is 1. The number of likely N-dealkylation sites (tertiary alicyclic amines) is 1. The number of likely N-dealkylation sites (N-methyl/N-ethyl adjacent to an activating group) is 1. The van der Waals surface area contributed by atoms with Gasteiger partial charge in [0.25, 0.3) is 5.91 Å². The number of hydrogen-bond acceptors (Lipinski definition) is 3. The van der Waals surface area contributed by atoms with Crippen molar-refractivity contribution in [2.45, 2.75) is 25.3 Å². The molecule has 0 aliphatic carbocycles. The Morgan fingerprint density at radius 3 is 2.84 bits per heavy atom. The van der Waals surface area contributed by atoms with E-state index in [0.29, 0.717) is 16.3 Å². The van der Waals surface area contributed by atoms with Crippen LogP contribution in [-0.2, 0) is 6.42 Å². The molecule has 0 N–H and O–H groups in total. The summed E-state index contributed by atoms with van der Waals surface area (Å²) < 4.78 is 0.681. The molecule has 0 unspecified atom stereocenters. The van der Waals surface area contributed by atoms with Crippen LogP contribution in [0.5, 0.6) is 0 Å². The van der Waals surface area contributed by atoms with Crippen LogP contribution in [0, 0.1) is 5.21 Å². The van der Waals surface area contributed by atoms with E-state index in [2.05, 4.69) is 36.2 Å². The summed E-state index contributed by atoms with van der Waals surface area (Å²) in [6, 6.07) is 14.2. The zero-order chi connectivity index (χ0) is 17.6. The molecule has 5 nitrogen and oxygen atoms in total. The first kappa shape index (κ1) is 17.4. The van der Waals surface area contributed by atoms with Crippen LogP contribution in [0.4, 0.5) is 0 Å². The Bertz CT molecular complexity index is 705. The van der Waals surface area contributed by atoms with Crippen LogP contribution in [-0.4, -0.2) is 48.4 Å². The first-order valence-electron chi connectivity index (χ1n) is 8.86. The Morgan fingerprint density at radius 1 is 1.28 bits per heavy atom. The van der Waals surface area contributed by atoms with Gasteiger partial charge in [-0.25, -0.2) is 0 Å². The molecule has 1 atom stereocenters. The van der Waals surface area contributed by atoms with E-state index in [1.54, 1.807) is 12.1 Å². The minimum atomic E-state index is -0.0497. The number of rotatable bonds is 5. The lowest BCUT2D eigenvalue weighted by atomic mass is 10.0. The average molecular weight is 339 g/mol. The van der Waals surface area contributed by atoms with Gasteiger partial charge >= 0.3 is 0 Å². The molecule has 1 fully saturated rings. The Kier molecular flexibility index (Phi) is 5.66. The van der Waals surface area contributed by atoms with Gasteiger partial charge in [0, 0.05) is 31.7 Å². The third-order valence-electron chi connectivity index (χ3n) is 4.93. The third-order valence-corrected chi connectivity index (χ3v) is 4.93. The average Bonchev–Trinajstić information content (AvgIpc) is 2.66. The maximum Gasteiger partial charge on any atom is 0.260 e. The summed E-state index contributed by atoms with van der Waals surface area (Å²) in [6.07, 6.45) is 5.86. The normalized spacial score (nSPS) is 17.7. The Hall–Kier alpha value is -2.40. The first-order chi connectivity index (χ1) is 12.1. The van der Waals surface area contributed by atoms with Crippen LogP contribution in [0.25, 0.3) is 0 Å². The van der Waals surface area contributed by atoms with Crippen molar-refractivity contribution in [3.63, 3.8) is 0 Å². The minimum Gasteiger partial charge on any atom is -0.619 e. The summed E-state index contributed by atoms with van der Waals surface area (Å²) in [4.78, 5) is 16.9. The number of carbonyl (C=O) groups is 1. The molecule has 1 aromatic carbocycles. The number of hydrogen-bond donors (Lipinski definition) is 0. The van der Waals surface area contributed by atoms with Gasteiger partial charge in [-0.1, -0.05) is 30.3 Å². The molecule has 0 spiro atoms. The smallest absolute Gasteiger partial charge is 0.260 e. The molecule has 25 heavy (non-hydrogen) atoms. The maximum absolute atomic E-state index is 12.7. The predicted molar refractivity (Wildman–Crippen MR) is 97.1 cm³/mol. The van der Waals surface area contributed by atoms with Crippen molar-refractivity contribution in [2.24, 2.45) is 0 Å². The third kappa shape index (κ3) is 4.57. The fourth-order valence-electron chi connectivity index (χ4n) is 3.40. The van der Waals surface area contributed by atoms with E-state index in [1.807, 2.05) is 11.0 Å². The number of carbonyl (C=O) groups excluding carboxylic acids is 1. The molecule has 2 aromatic rings. The van der Waals surface area contributed by atoms with E-state index in [-0.39, 0.29) is 5.91 Å². The monoisotopic (exact) mass is 339 g/mol. The van der Waals surface area contributed by atoms with Crippen molar-refractivity contribution in [3.05, 3.63) is 71.2 Å². The van der Waals surface area contributed by atoms with E-state index < -0.39 is 0 Å². The molecular formula is C20H25N3O2. The van der Waals surface area contributed by atoms with Crippen molar-refractivity contribution in [2.75, 3.05) is 26.7 Å². The molecule has 5 heteroatoms. The molecule has 1 aliphatic heterocycles. The van der Waals surface area contributed by atoms with E-state index in [9.17, 15) is 10.0 Å². The summed E-state index contributed by atoms with van der Waals surface area (Å²) in [5.41, 5.74) is 1.80. The number of nitrogens with zero attached hydrogens (tertiary/aromatic N) is 3. The molecule has 0 radical (unpaired) electrons. The van der Waals surface area contributed by atoms with Crippen LogP contribution in [0.1, 0.15) is 28.8 Å². The van der Waals surface area contributed by atoms with Crippen molar-refractivity contribution in [1.29, 1.82) is 0 Å². The van der Waals surface area contributed by atoms with Gasteiger partial charge in [-0.05, 0) is 37.9 Å².